The summed E-state index contributed by atoms with van der Waals surface area (Å²) in [7, 11) is 0. The van der Waals surface area contributed by atoms with Crippen LogP contribution in [0.1, 0.15) is 10.4 Å². The highest BCUT2D eigenvalue weighted by molar-refractivity contribution is 7.73. The largest absolute Gasteiger partial charge is 0.492 e. The quantitative estimate of drug-likeness (QED) is 0.842. The Kier molecular flexibility index (Phi) is 4.48. The van der Waals surface area contributed by atoms with Crippen LogP contribution in [-0.2, 0) is 4.74 Å². The highest BCUT2D eigenvalue weighted by atomic mass is 32.1. The van der Waals surface area contributed by atoms with Gasteiger partial charge in [0.15, 0.2) is 3.95 Å². The molecule has 0 amide bonds. The molecule has 0 aliphatic carbocycles. The van der Waals surface area contributed by atoms with Gasteiger partial charge in [0.05, 0.1) is 37.4 Å². The van der Waals surface area contributed by atoms with Gasteiger partial charge >= 0.3 is 0 Å². The Morgan fingerprint density at radius 1 is 1.20 bits per heavy atom. The summed E-state index contributed by atoms with van der Waals surface area (Å²) in [4.78, 5) is 0.698. The summed E-state index contributed by atoms with van der Waals surface area (Å²) < 4.78 is 7.67. The van der Waals surface area contributed by atoms with Crippen molar-refractivity contribution in [2.45, 2.75) is 0 Å². The van der Waals surface area contributed by atoms with Gasteiger partial charge in [-0.1, -0.05) is 41.7 Å². The van der Waals surface area contributed by atoms with Crippen LogP contribution in [0.4, 0.5) is 0 Å². The highest BCUT2D eigenvalue weighted by Gasteiger charge is 2.20. The zero-order valence-corrected chi connectivity index (χ0v) is 15.0. The average molecular weight is 372 g/mol. The summed E-state index contributed by atoms with van der Waals surface area (Å²) in [6.45, 7) is 2.66. The van der Waals surface area contributed by atoms with Crippen molar-refractivity contribution in [3.8, 4) is 5.88 Å². The predicted octanol–water partition coefficient (Wildman–Crippen LogP) is 2.82. The van der Waals surface area contributed by atoms with E-state index < -0.39 is 0 Å². The van der Waals surface area contributed by atoms with Crippen LogP contribution in [0.2, 0.25) is 0 Å². The van der Waals surface area contributed by atoms with E-state index in [-0.39, 0.29) is 5.88 Å². The molecule has 1 aromatic carbocycles. The number of hydrogen-bond donors (Lipinski definition) is 1. The first-order valence-electron chi connectivity index (χ1n) is 7.90. The number of nitrogens with zero attached hydrogens (tertiary/aromatic N) is 4. The molecule has 0 atom stereocenters. The van der Waals surface area contributed by atoms with Crippen molar-refractivity contribution in [2.24, 2.45) is 10.2 Å². The molecule has 128 valence electrons. The lowest BCUT2D eigenvalue weighted by atomic mass is 10.0. The van der Waals surface area contributed by atoms with E-state index in [9.17, 15) is 5.11 Å². The molecule has 3 heterocycles. The number of aromatic nitrogens is 1. The number of thiazole rings is 1. The van der Waals surface area contributed by atoms with Crippen LogP contribution in [0.5, 0.6) is 5.88 Å². The van der Waals surface area contributed by atoms with E-state index in [0.29, 0.717) is 35.1 Å². The van der Waals surface area contributed by atoms with Gasteiger partial charge in [0.2, 0.25) is 5.88 Å². The monoisotopic (exact) mass is 372 g/mol. The third kappa shape index (κ3) is 3.15. The Hall–Kier alpha value is -2.29. The van der Waals surface area contributed by atoms with Crippen LogP contribution in [0.3, 0.4) is 0 Å². The molecular formula is C17H16N4O2S2. The minimum absolute atomic E-state index is 0.150. The van der Waals surface area contributed by atoms with E-state index in [2.05, 4.69) is 10.2 Å². The summed E-state index contributed by atoms with van der Waals surface area (Å²) in [5, 5.41) is 20.9. The predicted molar refractivity (Wildman–Crippen MR) is 103 cm³/mol. The summed E-state index contributed by atoms with van der Waals surface area (Å²) in [6, 6.07) is 9.86. The van der Waals surface area contributed by atoms with E-state index >= 15 is 0 Å². The lowest BCUT2D eigenvalue weighted by Gasteiger charge is -2.29. The fourth-order valence-electron chi connectivity index (χ4n) is 2.81. The highest BCUT2D eigenvalue weighted by Crippen LogP contribution is 2.30. The van der Waals surface area contributed by atoms with Crippen LogP contribution >= 0.6 is 23.6 Å². The van der Waals surface area contributed by atoms with E-state index in [4.69, 9.17) is 17.0 Å². The molecule has 2 aromatic rings. The Balaban J connectivity index is 1.69. The van der Waals surface area contributed by atoms with Crippen molar-refractivity contribution < 1.29 is 9.84 Å². The number of ether oxygens (including phenoxy) is 1. The first-order valence-corrected chi connectivity index (χ1v) is 9.13. The Bertz CT molecular complexity index is 922. The van der Waals surface area contributed by atoms with Crippen LogP contribution in [0.25, 0.3) is 6.08 Å². The van der Waals surface area contributed by atoms with Crippen LogP contribution in [0.15, 0.2) is 46.1 Å². The molecule has 25 heavy (non-hydrogen) atoms. The molecule has 0 unspecified atom stereocenters. The van der Waals surface area contributed by atoms with Gasteiger partial charge in [-0.15, -0.1) is 5.10 Å². The van der Waals surface area contributed by atoms with Gasteiger partial charge < -0.3 is 14.9 Å². The van der Waals surface area contributed by atoms with Crippen molar-refractivity contribution in [2.75, 3.05) is 31.3 Å². The summed E-state index contributed by atoms with van der Waals surface area (Å²) in [5.41, 5.74) is 2.63. The minimum atomic E-state index is 0.150. The van der Waals surface area contributed by atoms with Crippen molar-refractivity contribution in [3.05, 3.63) is 50.3 Å². The van der Waals surface area contributed by atoms with Crippen molar-refractivity contribution in [1.29, 1.82) is 0 Å². The maximum absolute atomic E-state index is 10.7. The third-order valence-electron chi connectivity index (χ3n) is 4.02. The van der Waals surface area contributed by atoms with Gasteiger partial charge in [0, 0.05) is 11.1 Å². The van der Waals surface area contributed by atoms with E-state index in [0.717, 1.165) is 16.8 Å². The number of rotatable bonds is 3. The SMILES string of the molecule is Oc1c(/C=C2\C=NN=C2c2ccccc2)sc(=S)n1N1CCOCC1. The summed E-state index contributed by atoms with van der Waals surface area (Å²) in [6.07, 6.45) is 3.58. The zero-order chi connectivity index (χ0) is 17.2. The molecule has 8 heteroatoms. The minimum Gasteiger partial charge on any atom is -0.492 e. The third-order valence-corrected chi connectivity index (χ3v) is 5.31. The Labute approximate surface area is 154 Å². The second kappa shape index (κ2) is 6.91. The first kappa shape index (κ1) is 16.2. The van der Waals surface area contributed by atoms with Crippen LogP contribution in [-0.4, -0.2) is 48.0 Å². The number of morpholine rings is 1. The van der Waals surface area contributed by atoms with Crippen molar-refractivity contribution in [3.63, 3.8) is 0 Å². The topological polar surface area (TPSA) is 62.4 Å². The second-order valence-electron chi connectivity index (χ2n) is 5.59. The van der Waals surface area contributed by atoms with Crippen molar-refractivity contribution in [1.82, 2.24) is 4.68 Å². The lowest BCUT2D eigenvalue weighted by Crippen LogP contribution is -2.43. The van der Waals surface area contributed by atoms with Gasteiger partial charge in [-0.2, -0.15) is 5.10 Å². The molecule has 1 N–H and O–H groups in total. The summed E-state index contributed by atoms with van der Waals surface area (Å²) >= 11 is 6.82. The molecule has 0 spiro atoms. The molecule has 0 bridgehead atoms. The number of hydrogen-bond acceptors (Lipinski definition) is 7. The molecule has 4 rings (SSSR count). The maximum atomic E-state index is 10.7. The molecule has 1 fully saturated rings. The number of allylic oxidation sites excluding steroid dienone is 1. The van der Waals surface area contributed by atoms with Crippen molar-refractivity contribution >= 4 is 41.6 Å². The van der Waals surface area contributed by atoms with E-state index in [1.165, 1.54) is 11.3 Å². The molecule has 2 aliphatic heterocycles. The molecule has 0 radical (unpaired) electrons. The lowest BCUT2D eigenvalue weighted by molar-refractivity contribution is 0.109. The number of benzene rings is 1. The molecule has 1 aromatic heterocycles. The van der Waals surface area contributed by atoms with E-state index in [1.807, 2.05) is 41.4 Å². The Morgan fingerprint density at radius 2 is 1.96 bits per heavy atom. The maximum Gasteiger partial charge on any atom is 0.230 e. The molecule has 6 nitrogen and oxygen atoms in total. The Morgan fingerprint density at radius 3 is 2.72 bits per heavy atom. The van der Waals surface area contributed by atoms with Gasteiger partial charge in [-0.25, -0.2) is 4.68 Å². The normalized spacial score (nSPS) is 18.8. The first-order chi connectivity index (χ1) is 12.2. The molecule has 1 saturated heterocycles. The standard InChI is InChI=1S/C17H16N4O2S2/c22-16-14(25-17(24)21(16)20-6-8-23-9-7-20)10-13-11-18-19-15(13)12-4-2-1-3-5-12/h1-5,10-11,22H,6-9H2/b13-10+. The summed E-state index contributed by atoms with van der Waals surface area (Å²) in [5.74, 6) is 0.150. The van der Waals surface area contributed by atoms with Gasteiger partial charge in [-0.3, -0.25) is 0 Å². The second-order valence-corrected chi connectivity index (χ2v) is 7.27. The molecule has 0 saturated carbocycles. The van der Waals surface area contributed by atoms with Crippen LogP contribution < -0.4 is 5.01 Å². The zero-order valence-electron chi connectivity index (χ0n) is 13.3. The molecular weight excluding hydrogens is 356 g/mol. The fourth-order valence-corrected chi connectivity index (χ4v) is 4.12. The van der Waals surface area contributed by atoms with Gasteiger partial charge in [-0.05, 0) is 18.3 Å². The molecule has 2 aliphatic rings. The van der Waals surface area contributed by atoms with E-state index in [1.54, 1.807) is 10.9 Å². The average Bonchev–Trinajstić information content (AvgIpc) is 3.21. The van der Waals surface area contributed by atoms with Gasteiger partial charge in [0.1, 0.15) is 5.71 Å². The number of aromatic hydroxyl groups is 1. The fraction of sp³-hybridized carbons (Fsp3) is 0.235. The van der Waals surface area contributed by atoms with Gasteiger partial charge in [0.25, 0.3) is 0 Å². The smallest absolute Gasteiger partial charge is 0.230 e. The van der Waals surface area contributed by atoms with Crippen LogP contribution in [0, 0.1) is 3.95 Å².